The predicted octanol–water partition coefficient (Wildman–Crippen LogP) is 0.213. The van der Waals surface area contributed by atoms with Crippen molar-refractivity contribution in [1.29, 1.82) is 0 Å². The second-order valence-electron chi connectivity index (χ2n) is 4.19. The minimum Gasteiger partial charge on any atom is -0.343 e. The first kappa shape index (κ1) is 12.0. The zero-order valence-electron chi connectivity index (χ0n) is 10.1. The molecule has 6 heteroatoms. The molecule has 1 heterocycles. The fraction of sp³-hybridized carbons (Fsp3) is 0.727. The maximum absolute atomic E-state index is 11.8. The zero-order valence-corrected chi connectivity index (χ0v) is 10.1. The van der Waals surface area contributed by atoms with E-state index in [0.29, 0.717) is 31.4 Å². The van der Waals surface area contributed by atoms with Gasteiger partial charge in [-0.3, -0.25) is 4.79 Å². The van der Waals surface area contributed by atoms with Crippen LogP contribution in [0.15, 0.2) is 10.9 Å². The lowest BCUT2D eigenvalue weighted by atomic mass is 10.4. The Kier molecular flexibility index (Phi) is 4.08. The molecular weight excluding hydrogens is 220 g/mol. The molecule has 1 aliphatic rings. The Morgan fingerprint density at radius 2 is 2.47 bits per heavy atom. The quantitative estimate of drug-likeness (QED) is 0.688. The molecule has 1 aromatic rings. The van der Waals surface area contributed by atoms with E-state index in [9.17, 15) is 4.79 Å². The van der Waals surface area contributed by atoms with Crippen molar-refractivity contribution in [1.82, 2.24) is 20.4 Å². The number of likely N-dealkylation sites (N-methyl/N-ethyl adjacent to an activating group) is 1. The first-order chi connectivity index (χ1) is 8.31. The molecule has 1 aliphatic carbocycles. The molecule has 0 radical (unpaired) electrons. The highest BCUT2D eigenvalue weighted by molar-refractivity contribution is 5.78. The second-order valence-corrected chi connectivity index (χ2v) is 4.19. The fourth-order valence-corrected chi connectivity index (χ4v) is 1.82. The summed E-state index contributed by atoms with van der Waals surface area (Å²) in [4.78, 5) is 17.7. The summed E-state index contributed by atoms with van der Waals surface area (Å²) in [5, 5.41) is 6.81. The standard InChI is InChI=1S/C11H18N4O2/c1-2-15(9-3-4-9)11(16)7-12-6-5-10-13-8-17-14-10/h8-9,12H,2-7H2,1H3. The zero-order chi connectivity index (χ0) is 12.1. The summed E-state index contributed by atoms with van der Waals surface area (Å²) in [6.45, 7) is 3.90. The summed E-state index contributed by atoms with van der Waals surface area (Å²) in [6, 6.07) is 0.492. The number of rotatable bonds is 7. The second kappa shape index (κ2) is 5.77. The molecule has 0 atom stereocenters. The molecule has 0 aromatic carbocycles. The maximum atomic E-state index is 11.8. The van der Waals surface area contributed by atoms with Gasteiger partial charge in [0.2, 0.25) is 12.3 Å². The van der Waals surface area contributed by atoms with Gasteiger partial charge < -0.3 is 14.7 Å². The summed E-state index contributed by atoms with van der Waals surface area (Å²) in [7, 11) is 0. The average Bonchev–Trinajstić information content (AvgIpc) is 3.02. The third kappa shape index (κ3) is 3.52. The first-order valence-corrected chi connectivity index (χ1v) is 6.06. The van der Waals surface area contributed by atoms with Crippen molar-refractivity contribution < 1.29 is 9.32 Å². The molecule has 1 aromatic heterocycles. The van der Waals surface area contributed by atoms with Gasteiger partial charge >= 0.3 is 0 Å². The number of hydrogen-bond donors (Lipinski definition) is 1. The van der Waals surface area contributed by atoms with Crippen molar-refractivity contribution >= 4 is 5.91 Å². The Morgan fingerprint density at radius 3 is 3.06 bits per heavy atom. The van der Waals surface area contributed by atoms with Crippen molar-refractivity contribution in [2.45, 2.75) is 32.2 Å². The number of nitrogens with zero attached hydrogens (tertiary/aromatic N) is 3. The third-order valence-electron chi connectivity index (χ3n) is 2.86. The van der Waals surface area contributed by atoms with E-state index >= 15 is 0 Å². The highest BCUT2D eigenvalue weighted by atomic mass is 16.5. The smallest absolute Gasteiger partial charge is 0.236 e. The largest absolute Gasteiger partial charge is 0.343 e. The van der Waals surface area contributed by atoms with Crippen LogP contribution < -0.4 is 5.32 Å². The molecule has 2 rings (SSSR count). The van der Waals surface area contributed by atoms with Crippen LogP contribution in [0.5, 0.6) is 0 Å². The molecule has 0 unspecified atom stereocenters. The molecule has 1 fully saturated rings. The SMILES string of the molecule is CCN(C(=O)CNCCc1ncon1)C1CC1. The van der Waals surface area contributed by atoms with E-state index in [0.717, 1.165) is 19.4 Å². The van der Waals surface area contributed by atoms with E-state index in [1.165, 1.54) is 6.39 Å². The number of aromatic nitrogens is 2. The molecule has 0 bridgehead atoms. The van der Waals surface area contributed by atoms with E-state index in [4.69, 9.17) is 0 Å². The Labute approximate surface area is 100 Å². The molecule has 0 spiro atoms. The van der Waals surface area contributed by atoms with Gasteiger partial charge in [-0.2, -0.15) is 4.98 Å². The van der Waals surface area contributed by atoms with Gasteiger partial charge in [0.25, 0.3) is 0 Å². The third-order valence-corrected chi connectivity index (χ3v) is 2.86. The van der Waals surface area contributed by atoms with E-state index in [2.05, 4.69) is 20.0 Å². The van der Waals surface area contributed by atoms with E-state index in [-0.39, 0.29) is 5.91 Å². The monoisotopic (exact) mass is 238 g/mol. The van der Waals surface area contributed by atoms with Gasteiger partial charge in [-0.05, 0) is 19.8 Å². The van der Waals surface area contributed by atoms with E-state index in [1.807, 2.05) is 11.8 Å². The van der Waals surface area contributed by atoms with Gasteiger partial charge in [-0.1, -0.05) is 5.16 Å². The number of carbonyl (C=O) groups is 1. The van der Waals surface area contributed by atoms with Crippen LogP contribution in [-0.2, 0) is 11.2 Å². The molecule has 0 aliphatic heterocycles. The van der Waals surface area contributed by atoms with Crippen molar-refractivity contribution in [3.05, 3.63) is 12.2 Å². The number of nitrogens with one attached hydrogen (secondary N) is 1. The van der Waals surface area contributed by atoms with Crippen LogP contribution in [0.1, 0.15) is 25.6 Å². The van der Waals surface area contributed by atoms with Gasteiger partial charge in [-0.25, -0.2) is 0 Å². The topological polar surface area (TPSA) is 71.3 Å². The minimum absolute atomic E-state index is 0.183. The van der Waals surface area contributed by atoms with Gasteiger partial charge in [0.1, 0.15) is 0 Å². The molecule has 6 nitrogen and oxygen atoms in total. The van der Waals surface area contributed by atoms with Crippen molar-refractivity contribution in [3.8, 4) is 0 Å². The number of carbonyl (C=O) groups excluding carboxylic acids is 1. The first-order valence-electron chi connectivity index (χ1n) is 6.06. The van der Waals surface area contributed by atoms with Gasteiger partial charge in [0.15, 0.2) is 5.82 Å². The summed E-state index contributed by atoms with van der Waals surface area (Å²) in [6.07, 6.45) is 4.30. The lowest BCUT2D eigenvalue weighted by Crippen LogP contribution is -2.40. The van der Waals surface area contributed by atoms with Crippen LogP contribution in [0.3, 0.4) is 0 Å². The summed E-state index contributed by atoms with van der Waals surface area (Å²) < 4.78 is 4.62. The molecule has 1 amide bonds. The molecule has 0 saturated heterocycles. The highest BCUT2D eigenvalue weighted by Crippen LogP contribution is 2.26. The van der Waals surface area contributed by atoms with Gasteiger partial charge in [0, 0.05) is 25.6 Å². The summed E-state index contributed by atoms with van der Waals surface area (Å²) in [5.74, 6) is 0.850. The Morgan fingerprint density at radius 1 is 1.65 bits per heavy atom. The molecule has 1 N–H and O–H groups in total. The van der Waals surface area contributed by atoms with Crippen molar-refractivity contribution in [2.75, 3.05) is 19.6 Å². The van der Waals surface area contributed by atoms with Crippen molar-refractivity contribution in [3.63, 3.8) is 0 Å². The molecule has 1 saturated carbocycles. The lowest BCUT2D eigenvalue weighted by Gasteiger charge is -2.20. The summed E-state index contributed by atoms with van der Waals surface area (Å²) in [5.41, 5.74) is 0. The van der Waals surface area contributed by atoms with Crippen LogP contribution >= 0.6 is 0 Å². The minimum atomic E-state index is 0.183. The maximum Gasteiger partial charge on any atom is 0.236 e. The van der Waals surface area contributed by atoms with Gasteiger partial charge in [-0.15, -0.1) is 0 Å². The van der Waals surface area contributed by atoms with Crippen LogP contribution in [-0.4, -0.2) is 46.6 Å². The van der Waals surface area contributed by atoms with Crippen LogP contribution in [0.25, 0.3) is 0 Å². The Balaban J connectivity index is 1.62. The molecule has 17 heavy (non-hydrogen) atoms. The predicted molar refractivity (Wildman–Crippen MR) is 61.3 cm³/mol. The van der Waals surface area contributed by atoms with Gasteiger partial charge in [0.05, 0.1) is 6.54 Å². The fourth-order valence-electron chi connectivity index (χ4n) is 1.82. The molecular formula is C11H18N4O2. The number of hydrogen-bond acceptors (Lipinski definition) is 5. The Hall–Kier alpha value is -1.43. The summed E-state index contributed by atoms with van der Waals surface area (Å²) >= 11 is 0. The van der Waals surface area contributed by atoms with Crippen LogP contribution in [0.4, 0.5) is 0 Å². The Bertz CT molecular complexity index is 348. The van der Waals surface area contributed by atoms with Crippen molar-refractivity contribution in [2.24, 2.45) is 0 Å². The van der Waals surface area contributed by atoms with E-state index < -0.39 is 0 Å². The molecule has 94 valence electrons. The van der Waals surface area contributed by atoms with Crippen LogP contribution in [0, 0.1) is 0 Å². The normalized spacial score (nSPS) is 14.9. The lowest BCUT2D eigenvalue weighted by molar-refractivity contribution is -0.130. The average molecular weight is 238 g/mol. The number of amides is 1. The van der Waals surface area contributed by atoms with E-state index in [1.54, 1.807) is 0 Å². The van der Waals surface area contributed by atoms with Crippen LogP contribution in [0.2, 0.25) is 0 Å². The highest BCUT2D eigenvalue weighted by Gasteiger charge is 2.30.